The monoisotopic (exact) mass is 896 g/mol. The van der Waals surface area contributed by atoms with Crippen molar-refractivity contribution in [3.63, 3.8) is 0 Å². The molecule has 1 saturated heterocycles. The van der Waals surface area contributed by atoms with Crippen molar-refractivity contribution in [2.24, 2.45) is 0 Å². The van der Waals surface area contributed by atoms with Crippen LogP contribution in [0.5, 0.6) is 0 Å². The lowest BCUT2D eigenvalue weighted by atomic mass is 9.79. The minimum atomic E-state index is -5.47. The van der Waals surface area contributed by atoms with Gasteiger partial charge in [-0.05, 0) is 57.2 Å². The number of benzene rings is 1. The highest BCUT2D eigenvalue weighted by Gasteiger charge is 2.49. The third kappa shape index (κ3) is 10.5. The second-order valence-electron chi connectivity index (χ2n) is 14.9. The Morgan fingerprint density at radius 3 is 2.54 bits per heavy atom. The van der Waals surface area contributed by atoms with Crippen molar-refractivity contribution < 1.29 is 70.8 Å². The molecule has 1 aromatic carbocycles. The largest absolute Gasteiger partial charge is 0.481 e. The molecule has 5 heterocycles. The molecule has 0 aliphatic carbocycles. The van der Waals surface area contributed by atoms with Crippen LogP contribution >= 0.6 is 15.6 Å². The minimum absolute atomic E-state index is 0.0118. The third-order valence-corrected chi connectivity index (χ3v) is 12.2. The van der Waals surface area contributed by atoms with Crippen molar-refractivity contribution in [1.29, 1.82) is 0 Å². The van der Waals surface area contributed by atoms with Crippen LogP contribution in [0.2, 0.25) is 0 Å². The molecule has 0 radical (unpaired) electrons. The first-order valence-corrected chi connectivity index (χ1v) is 22.0. The first kappa shape index (κ1) is 45.5. The van der Waals surface area contributed by atoms with Crippen molar-refractivity contribution in [3.8, 4) is 0 Å². The molecule has 0 saturated carbocycles. The second-order valence-corrected chi connectivity index (χ2v) is 17.7. The first-order chi connectivity index (χ1) is 28.7. The van der Waals surface area contributed by atoms with Crippen LogP contribution < -0.4 is 26.9 Å². The summed E-state index contributed by atoms with van der Waals surface area (Å²) >= 11 is 0. The van der Waals surface area contributed by atoms with E-state index in [1.54, 1.807) is 13.0 Å². The number of rotatable bonds is 16. The summed E-state index contributed by atoms with van der Waals surface area (Å²) in [6.45, 7) is 7.41. The van der Waals surface area contributed by atoms with Crippen molar-refractivity contribution in [2.75, 3.05) is 43.5 Å². The molecule has 6 atom stereocenters. The van der Waals surface area contributed by atoms with E-state index in [0.717, 1.165) is 24.0 Å². The Bertz CT molecular complexity index is 2460. The van der Waals surface area contributed by atoms with Gasteiger partial charge in [-0.2, -0.15) is 4.31 Å². The van der Waals surface area contributed by atoms with Crippen LogP contribution in [0.25, 0.3) is 22.1 Å². The summed E-state index contributed by atoms with van der Waals surface area (Å²) in [7, 11) is -10.8. The van der Waals surface area contributed by atoms with Gasteiger partial charge in [-0.25, -0.2) is 38.5 Å². The molecule has 61 heavy (non-hydrogen) atoms. The second kappa shape index (κ2) is 18.1. The smallest absolute Gasteiger partial charge is 0.462 e. The Labute approximate surface area is 346 Å². The van der Waals surface area contributed by atoms with Crippen LogP contribution in [-0.4, -0.2) is 114 Å². The molecule has 1 fully saturated rings. The molecule has 0 spiro atoms. The quantitative estimate of drug-likeness (QED) is 0.0366. The van der Waals surface area contributed by atoms with Crippen molar-refractivity contribution in [1.82, 2.24) is 30.2 Å². The zero-order valence-corrected chi connectivity index (χ0v) is 35.1. The number of carbonyl (C=O) groups excluding carboxylic acids is 3. The number of fused-ring (bicyclic) bond motifs is 3. The number of amides is 2. The van der Waals surface area contributed by atoms with E-state index in [-0.39, 0.29) is 66.0 Å². The molecule has 332 valence electrons. The number of ether oxygens (including phenoxy) is 3. The summed E-state index contributed by atoms with van der Waals surface area (Å²) in [5, 5.41) is 16.9. The predicted octanol–water partition coefficient (Wildman–Crippen LogP) is 1.96. The number of nitrogens with one attached hydrogen (secondary N) is 2. The van der Waals surface area contributed by atoms with Gasteiger partial charge in [0.05, 0.1) is 19.5 Å². The number of hydrogen-bond donors (Lipinski definition) is 7. The normalized spacial score (nSPS) is 22.1. The van der Waals surface area contributed by atoms with E-state index >= 15 is 0 Å². The van der Waals surface area contributed by atoms with E-state index < -0.39 is 64.5 Å². The number of imidazole rings is 1. The van der Waals surface area contributed by atoms with Gasteiger partial charge in [0.2, 0.25) is 5.91 Å². The average molecular weight is 897 g/mol. The highest BCUT2D eigenvalue weighted by Crippen LogP contribution is 2.58. The van der Waals surface area contributed by atoms with Gasteiger partial charge in [0.25, 0.3) is 0 Å². The van der Waals surface area contributed by atoms with Crippen LogP contribution in [0.3, 0.4) is 0 Å². The number of nitrogen functional groups attached to an aromatic ring is 1. The minimum Gasteiger partial charge on any atom is -0.462 e. The fourth-order valence-electron chi connectivity index (χ4n) is 7.50. The van der Waals surface area contributed by atoms with E-state index in [1.807, 2.05) is 6.07 Å². The maximum atomic E-state index is 12.9. The van der Waals surface area contributed by atoms with Crippen molar-refractivity contribution >= 4 is 67.3 Å². The first-order valence-electron chi connectivity index (χ1n) is 19.0. The van der Waals surface area contributed by atoms with E-state index in [4.69, 9.17) is 34.1 Å². The molecule has 2 unspecified atom stereocenters. The van der Waals surface area contributed by atoms with Crippen LogP contribution in [0.4, 0.5) is 16.3 Å². The highest BCUT2D eigenvalue weighted by atomic mass is 31.3. The number of nitrogens with zero attached hydrogens (tertiary/aromatic N) is 5. The number of aliphatic hydroxyl groups excluding tert-OH is 1. The highest BCUT2D eigenvalue weighted by molar-refractivity contribution is 7.60. The molecule has 6 rings (SSSR count). The summed E-state index contributed by atoms with van der Waals surface area (Å²) in [6.07, 6.45) is -3.58. The molecule has 2 amide bonds. The topological polar surface area (TPSA) is 340 Å². The lowest BCUT2D eigenvalue weighted by Gasteiger charge is -2.47. The number of phosphoric acid groups is 2. The number of carbonyl (C=O) groups is 3. The number of esters is 1. The summed E-state index contributed by atoms with van der Waals surface area (Å²) in [5.74, 6) is -0.916. The number of anilines is 2. The van der Waals surface area contributed by atoms with E-state index in [0.29, 0.717) is 23.9 Å². The molecule has 8 N–H and O–H groups in total. The molecular weight excluding hydrogens is 850 g/mol. The van der Waals surface area contributed by atoms with Gasteiger partial charge in [-0.15, -0.1) is 0 Å². The zero-order valence-electron chi connectivity index (χ0n) is 33.3. The number of aromatic nitrogens is 4. The molecule has 2 aliphatic rings. The molecule has 4 aromatic rings. The standard InChI is InChI=1S/C35H46N8O16P2/c1-5-54-32(46)21-12-19-11-20-18(2)14-35(3,4)43(22(20)13-23(19)57-33(21)47)10-6-7-25(44)37-8-9-38-34(48)58-28-24(15-55-61(52,53)59-60(49,50)51)56-31(27(28)45)42-17-41-26-29(36)39-16-40-30(26)42/h11-13,16-18,24,27-28,31,45H,5-10,14-15H2,1-4H3,(H,37,44)(H,38,48)(H,52,53)(H2,36,39,40)(H2,49,50,51)/t18?,24-,27-,28-,31-/m1/s1. The van der Waals surface area contributed by atoms with E-state index in [1.165, 1.54) is 17.0 Å². The summed E-state index contributed by atoms with van der Waals surface area (Å²) in [5.41, 5.74) is 6.97. The lowest BCUT2D eigenvalue weighted by molar-refractivity contribution is -0.121. The molecule has 2 aliphatic heterocycles. The Morgan fingerprint density at radius 2 is 1.82 bits per heavy atom. The summed E-state index contributed by atoms with van der Waals surface area (Å²) in [4.78, 5) is 92.6. The van der Waals surface area contributed by atoms with Gasteiger partial charge in [-0.1, -0.05) is 6.92 Å². The van der Waals surface area contributed by atoms with Gasteiger partial charge in [0.1, 0.15) is 35.2 Å². The van der Waals surface area contributed by atoms with Gasteiger partial charge >= 0.3 is 33.3 Å². The summed E-state index contributed by atoms with van der Waals surface area (Å²) < 4.78 is 54.8. The van der Waals surface area contributed by atoms with Crippen LogP contribution in [0, 0.1) is 0 Å². The zero-order chi connectivity index (χ0) is 44.4. The Kier molecular flexibility index (Phi) is 13.5. The SMILES string of the molecule is CCOC(=O)c1cc2cc3c(cc2oc1=O)N(CCCC(=O)NCCNC(=O)O[C@H]1[C@@H](O)[C@H](n2cnc4c(N)ncnc42)O[C@@H]1COP(=O)(O)OP(=O)(O)O)C(C)(C)CC3C. The maximum absolute atomic E-state index is 12.9. The average Bonchev–Trinajstić information content (AvgIpc) is 3.73. The maximum Gasteiger partial charge on any atom is 0.481 e. The van der Waals surface area contributed by atoms with Crippen LogP contribution in [0.15, 0.2) is 40.1 Å². The number of nitrogens with two attached hydrogens (primary N) is 1. The van der Waals surface area contributed by atoms with Gasteiger partial charge in [-0.3, -0.25) is 13.9 Å². The molecule has 3 aromatic heterocycles. The van der Waals surface area contributed by atoms with Gasteiger partial charge in [0.15, 0.2) is 23.8 Å². The Hall–Kier alpha value is -5.03. The summed E-state index contributed by atoms with van der Waals surface area (Å²) in [6, 6.07) is 5.17. The van der Waals surface area contributed by atoms with Gasteiger partial charge < -0.3 is 59.7 Å². The third-order valence-electron chi connectivity index (χ3n) is 10.1. The molecule has 0 bridgehead atoms. The van der Waals surface area contributed by atoms with Crippen LogP contribution in [-0.2, 0) is 37.0 Å². The number of phosphoric ester groups is 1. The molecular formula is C35H46N8O16P2. The van der Waals surface area contributed by atoms with Crippen molar-refractivity contribution in [3.05, 3.63) is 52.4 Å². The van der Waals surface area contributed by atoms with Crippen molar-refractivity contribution in [2.45, 2.75) is 83.0 Å². The molecule has 26 heteroatoms. The fourth-order valence-corrected chi connectivity index (χ4v) is 9.10. The van der Waals surface area contributed by atoms with Gasteiger partial charge in [0, 0.05) is 48.7 Å². The van der Waals surface area contributed by atoms with E-state index in [9.17, 15) is 38.3 Å². The number of aliphatic hydroxyl groups is 1. The van der Waals surface area contributed by atoms with Crippen LogP contribution in [0.1, 0.15) is 75.0 Å². The Balaban J connectivity index is 1.03. The number of hydrogen-bond acceptors (Lipinski definition) is 18. The fraction of sp³-hybridized carbons (Fsp3) is 0.514. The van der Waals surface area contributed by atoms with E-state index in [2.05, 4.69) is 60.1 Å². The lowest BCUT2D eigenvalue weighted by Crippen LogP contribution is -2.49. The Morgan fingerprint density at radius 1 is 1.08 bits per heavy atom. The molecule has 24 nitrogen and oxygen atoms in total. The predicted molar refractivity (Wildman–Crippen MR) is 212 cm³/mol. The number of alkyl carbamates (subject to hydrolysis) is 1.